The maximum absolute atomic E-state index is 10.4. The van der Waals surface area contributed by atoms with Crippen LogP contribution in [-0.2, 0) is 6.42 Å². The number of hydrogen-bond donors (Lipinski definition) is 3. The second-order valence-corrected chi connectivity index (χ2v) is 6.58. The molecule has 5 heteroatoms. The first kappa shape index (κ1) is 18.5. The molecule has 0 radical (unpaired) electrons. The Labute approximate surface area is 153 Å². The highest BCUT2D eigenvalue weighted by molar-refractivity contribution is 5.77. The van der Waals surface area contributed by atoms with Gasteiger partial charge in [0.1, 0.15) is 23.2 Å². The zero-order valence-corrected chi connectivity index (χ0v) is 15.1. The number of nitrogens with one attached hydrogen (secondary N) is 1. The predicted molar refractivity (Wildman–Crippen MR) is 101 cm³/mol. The molecule has 0 saturated carbocycles. The third kappa shape index (κ3) is 4.85. The van der Waals surface area contributed by atoms with Gasteiger partial charge in [-0.2, -0.15) is 0 Å². The zero-order valence-electron chi connectivity index (χ0n) is 15.1. The molecule has 0 saturated heterocycles. The van der Waals surface area contributed by atoms with Crippen LogP contribution in [0.5, 0.6) is 5.75 Å². The van der Waals surface area contributed by atoms with Gasteiger partial charge in [0, 0.05) is 18.0 Å². The number of aliphatic hydroxyl groups is 2. The van der Waals surface area contributed by atoms with E-state index in [-0.39, 0.29) is 6.04 Å². The van der Waals surface area contributed by atoms with Crippen LogP contribution >= 0.6 is 0 Å². The molecule has 138 valence electrons. The molecule has 0 aliphatic carbocycles. The topological polar surface area (TPSA) is 74.9 Å². The molecule has 3 rings (SSSR count). The average Bonchev–Trinajstić information content (AvgIpc) is 3.05. The summed E-state index contributed by atoms with van der Waals surface area (Å²) in [7, 11) is 0. The fourth-order valence-corrected chi connectivity index (χ4v) is 2.91. The van der Waals surface area contributed by atoms with E-state index in [4.69, 9.17) is 9.15 Å². The Morgan fingerprint density at radius 3 is 2.46 bits per heavy atom. The van der Waals surface area contributed by atoms with Gasteiger partial charge in [0.2, 0.25) is 0 Å². The van der Waals surface area contributed by atoms with Crippen LogP contribution in [0.2, 0.25) is 0 Å². The molecule has 0 amide bonds. The van der Waals surface area contributed by atoms with Crippen molar-refractivity contribution in [1.29, 1.82) is 0 Å². The predicted octanol–water partition coefficient (Wildman–Crippen LogP) is 3.40. The number of hydrogen-bond acceptors (Lipinski definition) is 5. The molecule has 5 nitrogen and oxygen atoms in total. The van der Waals surface area contributed by atoms with Crippen molar-refractivity contribution in [3.8, 4) is 5.75 Å². The van der Waals surface area contributed by atoms with E-state index in [9.17, 15) is 10.2 Å². The summed E-state index contributed by atoms with van der Waals surface area (Å²) >= 11 is 0. The largest absolute Gasteiger partial charge is 0.465 e. The highest BCUT2D eigenvalue weighted by Crippen LogP contribution is 2.23. The minimum absolute atomic E-state index is 0.192. The summed E-state index contributed by atoms with van der Waals surface area (Å²) in [5.74, 6) is 1.22. The normalized spacial score (nSPS) is 14.9. The monoisotopic (exact) mass is 355 g/mol. The molecule has 3 unspecified atom stereocenters. The van der Waals surface area contributed by atoms with Gasteiger partial charge in [0.05, 0.1) is 0 Å². The summed E-state index contributed by atoms with van der Waals surface area (Å²) in [6.07, 6.45) is -0.685. The fraction of sp³-hybridized carbons (Fsp3) is 0.333. The van der Waals surface area contributed by atoms with Crippen LogP contribution in [0.1, 0.15) is 31.3 Å². The van der Waals surface area contributed by atoms with Gasteiger partial charge in [-0.1, -0.05) is 30.3 Å². The summed E-state index contributed by atoms with van der Waals surface area (Å²) in [6, 6.07) is 17.5. The summed E-state index contributed by atoms with van der Waals surface area (Å²) in [6.45, 7) is 4.07. The average molecular weight is 355 g/mol. The SMILES string of the molecule is CC(Cc1ccc(OC(C)O)cc1)NCC(O)c1cc2ccccc2o1. The Balaban J connectivity index is 1.50. The van der Waals surface area contributed by atoms with Crippen molar-refractivity contribution >= 4 is 11.0 Å². The minimum Gasteiger partial charge on any atom is -0.465 e. The number of furan rings is 1. The molecule has 3 aromatic rings. The first-order valence-electron chi connectivity index (χ1n) is 8.85. The Kier molecular flexibility index (Phi) is 5.93. The Hall–Kier alpha value is -2.34. The highest BCUT2D eigenvalue weighted by atomic mass is 16.6. The number of ether oxygens (including phenoxy) is 1. The fourth-order valence-electron chi connectivity index (χ4n) is 2.91. The first-order chi connectivity index (χ1) is 12.5. The highest BCUT2D eigenvalue weighted by Gasteiger charge is 2.14. The number of aliphatic hydroxyl groups excluding tert-OH is 2. The Bertz CT molecular complexity index is 792. The second kappa shape index (κ2) is 8.36. The summed E-state index contributed by atoms with van der Waals surface area (Å²) in [4.78, 5) is 0. The van der Waals surface area contributed by atoms with Gasteiger partial charge in [-0.05, 0) is 50.1 Å². The molecule has 1 heterocycles. The zero-order chi connectivity index (χ0) is 18.5. The van der Waals surface area contributed by atoms with Crippen molar-refractivity contribution < 1.29 is 19.4 Å². The van der Waals surface area contributed by atoms with Gasteiger partial charge in [-0.15, -0.1) is 0 Å². The van der Waals surface area contributed by atoms with E-state index >= 15 is 0 Å². The van der Waals surface area contributed by atoms with Crippen molar-refractivity contribution in [2.75, 3.05) is 6.54 Å². The molecule has 2 aromatic carbocycles. The van der Waals surface area contributed by atoms with Crippen molar-refractivity contribution in [2.24, 2.45) is 0 Å². The van der Waals surface area contributed by atoms with Crippen LogP contribution in [0.4, 0.5) is 0 Å². The molecule has 0 aliphatic rings. The van der Waals surface area contributed by atoms with E-state index < -0.39 is 12.4 Å². The van der Waals surface area contributed by atoms with Crippen LogP contribution in [0.15, 0.2) is 59.0 Å². The van der Waals surface area contributed by atoms with E-state index in [2.05, 4.69) is 12.2 Å². The van der Waals surface area contributed by atoms with E-state index in [0.29, 0.717) is 18.1 Å². The van der Waals surface area contributed by atoms with Crippen molar-refractivity contribution in [2.45, 2.75) is 38.7 Å². The molecular formula is C21H25NO4. The van der Waals surface area contributed by atoms with E-state index in [1.165, 1.54) is 0 Å². The molecule has 0 aliphatic heterocycles. The van der Waals surface area contributed by atoms with Crippen LogP contribution in [0.3, 0.4) is 0 Å². The third-order valence-corrected chi connectivity index (χ3v) is 4.20. The summed E-state index contributed by atoms with van der Waals surface area (Å²) in [5, 5.41) is 23.9. The van der Waals surface area contributed by atoms with Gasteiger partial charge in [-0.25, -0.2) is 0 Å². The van der Waals surface area contributed by atoms with Gasteiger partial charge < -0.3 is 24.7 Å². The standard InChI is InChI=1S/C21H25NO4/c1-14(11-16-7-9-18(10-8-16)25-15(2)23)22-13-19(24)21-12-17-5-3-4-6-20(17)26-21/h3-10,12,14-15,19,22-24H,11,13H2,1-2H3. The lowest BCUT2D eigenvalue weighted by Crippen LogP contribution is -2.31. The second-order valence-electron chi connectivity index (χ2n) is 6.58. The van der Waals surface area contributed by atoms with E-state index in [1.807, 2.05) is 54.6 Å². The molecule has 0 spiro atoms. The minimum atomic E-state index is -0.818. The maximum Gasteiger partial charge on any atom is 0.194 e. The van der Waals surface area contributed by atoms with Crippen LogP contribution < -0.4 is 10.1 Å². The van der Waals surface area contributed by atoms with Gasteiger partial charge in [0.15, 0.2) is 6.29 Å². The molecule has 3 atom stereocenters. The number of benzene rings is 2. The quantitative estimate of drug-likeness (QED) is 0.540. The van der Waals surface area contributed by atoms with Crippen LogP contribution in [0.25, 0.3) is 11.0 Å². The maximum atomic E-state index is 10.4. The van der Waals surface area contributed by atoms with E-state index in [1.54, 1.807) is 6.92 Å². The van der Waals surface area contributed by atoms with Crippen LogP contribution in [0, 0.1) is 0 Å². The molecule has 26 heavy (non-hydrogen) atoms. The number of fused-ring (bicyclic) bond motifs is 1. The van der Waals surface area contributed by atoms with Gasteiger partial charge in [-0.3, -0.25) is 0 Å². The summed E-state index contributed by atoms with van der Waals surface area (Å²) < 4.78 is 10.9. The smallest absolute Gasteiger partial charge is 0.194 e. The Morgan fingerprint density at radius 1 is 1.04 bits per heavy atom. The number of rotatable bonds is 8. The van der Waals surface area contributed by atoms with Crippen LogP contribution in [-0.4, -0.2) is 29.1 Å². The van der Waals surface area contributed by atoms with Gasteiger partial charge in [0.25, 0.3) is 0 Å². The molecular weight excluding hydrogens is 330 g/mol. The van der Waals surface area contributed by atoms with Crippen molar-refractivity contribution in [3.63, 3.8) is 0 Å². The lowest BCUT2D eigenvalue weighted by atomic mass is 10.1. The lowest BCUT2D eigenvalue weighted by Gasteiger charge is -2.16. The molecule has 1 aromatic heterocycles. The van der Waals surface area contributed by atoms with Crippen molar-refractivity contribution in [1.82, 2.24) is 5.32 Å². The van der Waals surface area contributed by atoms with Gasteiger partial charge >= 0.3 is 0 Å². The molecule has 0 fully saturated rings. The molecule has 3 N–H and O–H groups in total. The lowest BCUT2D eigenvalue weighted by molar-refractivity contribution is -0.000306. The molecule has 0 bridgehead atoms. The first-order valence-corrected chi connectivity index (χ1v) is 8.85. The number of para-hydroxylation sites is 1. The third-order valence-electron chi connectivity index (χ3n) is 4.20. The summed E-state index contributed by atoms with van der Waals surface area (Å²) in [5.41, 5.74) is 1.94. The van der Waals surface area contributed by atoms with Crippen molar-refractivity contribution in [3.05, 3.63) is 65.9 Å². The van der Waals surface area contributed by atoms with E-state index in [0.717, 1.165) is 23.0 Å². The Morgan fingerprint density at radius 2 is 1.77 bits per heavy atom.